The molecule has 2 fully saturated rings. The number of phenolic OH excluding ortho intramolecular Hbond substituents is 3. The van der Waals surface area contributed by atoms with Crippen molar-refractivity contribution >= 4 is 11.0 Å². The molecule has 228 valence electrons. The Morgan fingerprint density at radius 3 is 2.17 bits per heavy atom. The van der Waals surface area contributed by atoms with Gasteiger partial charge in [-0.3, -0.25) is 4.79 Å². The fourth-order valence-electron chi connectivity index (χ4n) is 4.78. The molecule has 3 heterocycles. The van der Waals surface area contributed by atoms with Crippen LogP contribution in [0.5, 0.6) is 23.0 Å². The van der Waals surface area contributed by atoms with E-state index in [0.29, 0.717) is 0 Å². The molecule has 2 aromatic carbocycles. The molecule has 2 aliphatic heterocycles. The van der Waals surface area contributed by atoms with Crippen molar-refractivity contribution in [1.82, 2.24) is 0 Å². The lowest BCUT2D eigenvalue weighted by molar-refractivity contribution is -0.318. The van der Waals surface area contributed by atoms with Crippen LogP contribution in [-0.4, -0.2) is 114 Å². The van der Waals surface area contributed by atoms with E-state index in [9.17, 15) is 50.8 Å². The molecule has 42 heavy (non-hydrogen) atoms. The number of aliphatic hydroxyl groups is 6. The molecule has 1 aromatic heterocycles. The summed E-state index contributed by atoms with van der Waals surface area (Å²) in [4.78, 5) is 12.5. The summed E-state index contributed by atoms with van der Waals surface area (Å²) in [5.41, 5.74) is -0.490. The van der Waals surface area contributed by atoms with Crippen LogP contribution in [0.25, 0.3) is 22.3 Å². The molecule has 15 heteroatoms. The van der Waals surface area contributed by atoms with Crippen LogP contribution in [0.1, 0.15) is 6.92 Å². The van der Waals surface area contributed by atoms with Crippen molar-refractivity contribution in [3.8, 4) is 34.3 Å². The first-order valence-corrected chi connectivity index (χ1v) is 12.9. The monoisotopic (exact) mass is 594 g/mol. The number of ether oxygens (including phenoxy) is 4. The molecule has 2 saturated heterocycles. The fourth-order valence-corrected chi connectivity index (χ4v) is 4.78. The lowest BCUT2D eigenvalue weighted by Crippen LogP contribution is -2.61. The van der Waals surface area contributed by atoms with Crippen molar-refractivity contribution in [1.29, 1.82) is 0 Å². The number of aromatic hydroxyl groups is 3. The highest BCUT2D eigenvalue weighted by Gasteiger charge is 2.47. The molecule has 0 bridgehead atoms. The Kier molecular flexibility index (Phi) is 8.30. The topological polar surface area (TPSA) is 249 Å². The van der Waals surface area contributed by atoms with Crippen molar-refractivity contribution in [3.63, 3.8) is 0 Å². The second-order valence-electron chi connectivity index (χ2n) is 10.1. The molecule has 0 radical (unpaired) electrons. The normalized spacial score (nSPS) is 33.5. The molecule has 2 aliphatic rings. The fraction of sp³-hybridized carbons (Fsp3) is 0.444. The van der Waals surface area contributed by atoms with E-state index in [1.807, 2.05) is 0 Å². The van der Waals surface area contributed by atoms with Crippen LogP contribution in [-0.2, 0) is 14.2 Å². The number of aliphatic hydroxyl groups excluding tert-OH is 6. The maximum Gasteiger partial charge on any atom is 0.229 e. The summed E-state index contributed by atoms with van der Waals surface area (Å²) in [7, 11) is 0. The summed E-state index contributed by atoms with van der Waals surface area (Å²) in [5.74, 6) is -1.52. The highest BCUT2D eigenvalue weighted by molar-refractivity contribution is 5.86. The van der Waals surface area contributed by atoms with Crippen LogP contribution in [0, 0.1) is 0 Å². The lowest BCUT2D eigenvalue weighted by atomic mass is 9.98. The number of rotatable bonds is 6. The van der Waals surface area contributed by atoms with Crippen molar-refractivity contribution in [3.05, 3.63) is 46.6 Å². The molecular weight excluding hydrogens is 564 g/mol. The molecule has 0 saturated carbocycles. The Morgan fingerprint density at radius 2 is 1.45 bits per heavy atom. The average molecular weight is 595 g/mol. The molecule has 3 aromatic rings. The Morgan fingerprint density at radius 1 is 0.762 bits per heavy atom. The van der Waals surface area contributed by atoms with Gasteiger partial charge in [-0.15, -0.1) is 0 Å². The van der Waals surface area contributed by atoms with Gasteiger partial charge in [0.1, 0.15) is 71.0 Å². The number of hydrogen-bond donors (Lipinski definition) is 9. The van der Waals surface area contributed by atoms with E-state index in [1.165, 1.54) is 25.1 Å². The molecule has 9 N–H and O–H groups in total. The highest BCUT2D eigenvalue weighted by atomic mass is 16.7. The maximum atomic E-state index is 12.5. The molecule has 15 nitrogen and oxygen atoms in total. The first kappa shape index (κ1) is 30.0. The first-order valence-electron chi connectivity index (χ1n) is 12.9. The number of benzene rings is 2. The van der Waals surface area contributed by atoms with E-state index >= 15 is 0 Å². The highest BCUT2D eigenvalue weighted by Crippen LogP contribution is 2.36. The summed E-state index contributed by atoms with van der Waals surface area (Å²) >= 11 is 0. The molecule has 5 rings (SSSR count). The smallest absolute Gasteiger partial charge is 0.229 e. The van der Waals surface area contributed by atoms with Gasteiger partial charge >= 0.3 is 0 Å². The van der Waals surface area contributed by atoms with E-state index in [-0.39, 0.29) is 33.8 Å². The van der Waals surface area contributed by atoms with Crippen LogP contribution in [0.2, 0.25) is 0 Å². The van der Waals surface area contributed by atoms with Crippen LogP contribution >= 0.6 is 0 Å². The van der Waals surface area contributed by atoms with Crippen LogP contribution in [0.15, 0.2) is 45.6 Å². The Balaban J connectivity index is 1.31. The van der Waals surface area contributed by atoms with Crippen LogP contribution in [0.4, 0.5) is 0 Å². The van der Waals surface area contributed by atoms with E-state index in [2.05, 4.69) is 0 Å². The second-order valence-corrected chi connectivity index (χ2v) is 10.1. The molecule has 0 aliphatic carbocycles. The standard InChI is InChI=1S/C27H30O15/c1-9-20(32)22(34)24(36)26(39-9)38-8-18-21(33)23(35)25(37)27(42-18)41-15-3-2-10(4-12(15)29)16-7-14(31)19-13(30)5-11(28)6-17(19)40-16/h2-7,9,18,20-30,32-37H,8H2,1H3/t9?,18?,20-,21+,22-,23?,24?,25?,26+,27+/m0/s1. The Bertz CT molecular complexity index is 1490. The zero-order chi connectivity index (χ0) is 30.5. The van der Waals surface area contributed by atoms with Crippen LogP contribution in [0.3, 0.4) is 0 Å². The van der Waals surface area contributed by atoms with Gasteiger partial charge in [0.2, 0.25) is 6.29 Å². The van der Waals surface area contributed by atoms with Gasteiger partial charge in [-0.25, -0.2) is 0 Å². The van der Waals surface area contributed by atoms with Gasteiger partial charge in [0.15, 0.2) is 23.2 Å². The Hall–Kier alpha value is -3.51. The van der Waals surface area contributed by atoms with Crippen molar-refractivity contribution in [2.45, 2.75) is 68.3 Å². The predicted octanol–water partition coefficient (Wildman–Crippen LogP) is -1.39. The average Bonchev–Trinajstić information content (AvgIpc) is 2.94. The van der Waals surface area contributed by atoms with Crippen LogP contribution < -0.4 is 10.2 Å². The van der Waals surface area contributed by atoms with E-state index < -0.39 is 84.9 Å². The Labute approximate surface area is 236 Å². The van der Waals surface area contributed by atoms with Gasteiger partial charge in [0.25, 0.3) is 0 Å². The number of fused-ring (bicyclic) bond motifs is 1. The molecule has 0 amide bonds. The third kappa shape index (κ3) is 5.61. The zero-order valence-electron chi connectivity index (χ0n) is 21.9. The zero-order valence-corrected chi connectivity index (χ0v) is 21.9. The molecule has 10 atom stereocenters. The largest absolute Gasteiger partial charge is 0.508 e. The van der Waals surface area contributed by atoms with Gasteiger partial charge in [-0.05, 0) is 25.1 Å². The molecule has 0 spiro atoms. The van der Waals surface area contributed by atoms with E-state index in [1.54, 1.807) is 0 Å². The third-order valence-corrected chi connectivity index (χ3v) is 7.18. The summed E-state index contributed by atoms with van der Waals surface area (Å²) in [6.45, 7) is 0.951. The van der Waals surface area contributed by atoms with Gasteiger partial charge in [-0.2, -0.15) is 0 Å². The van der Waals surface area contributed by atoms with Crippen molar-refractivity contribution in [2.24, 2.45) is 0 Å². The minimum absolute atomic E-state index is 0.0110. The summed E-state index contributed by atoms with van der Waals surface area (Å²) < 4.78 is 27.5. The SMILES string of the molecule is CC1O[C@@H](OCC2O[C@@H](Oc3ccc(-c4cc(=O)c5c(O)cc(O)cc5o4)cc3O)C(O)C(O)[C@@H]2O)C(O)[C@@H](O)[C@H]1O. The summed E-state index contributed by atoms with van der Waals surface area (Å²) in [6.07, 6.45) is -15.0. The first-order chi connectivity index (χ1) is 19.8. The minimum Gasteiger partial charge on any atom is -0.508 e. The van der Waals surface area contributed by atoms with E-state index in [4.69, 9.17) is 23.4 Å². The molecular formula is C27H30O15. The maximum absolute atomic E-state index is 12.5. The predicted molar refractivity (Wildman–Crippen MR) is 139 cm³/mol. The number of phenols is 3. The second kappa shape index (κ2) is 11.6. The van der Waals surface area contributed by atoms with Gasteiger partial charge < -0.3 is 69.3 Å². The number of hydrogen-bond acceptors (Lipinski definition) is 15. The van der Waals surface area contributed by atoms with Crippen molar-refractivity contribution in [2.75, 3.05) is 6.61 Å². The van der Waals surface area contributed by atoms with Crippen molar-refractivity contribution < 1.29 is 69.3 Å². The van der Waals surface area contributed by atoms with Gasteiger partial charge in [0.05, 0.1) is 12.7 Å². The minimum atomic E-state index is -1.78. The quantitative estimate of drug-likeness (QED) is 0.159. The summed E-state index contributed by atoms with van der Waals surface area (Å²) in [5, 5.41) is 91.3. The summed E-state index contributed by atoms with van der Waals surface area (Å²) in [6, 6.07) is 7.05. The van der Waals surface area contributed by atoms with E-state index in [0.717, 1.165) is 18.2 Å². The van der Waals surface area contributed by atoms with Gasteiger partial charge in [0, 0.05) is 23.8 Å². The molecule has 5 unspecified atom stereocenters. The lowest BCUT2D eigenvalue weighted by Gasteiger charge is -2.42. The third-order valence-electron chi connectivity index (χ3n) is 7.18. The van der Waals surface area contributed by atoms with Gasteiger partial charge in [-0.1, -0.05) is 0 Å².